The third kappa shape index (κ3) is 3.95. The topological polar surface area (TPSA) is 74.4 Å². The average molecular weight is 210 g/mol. The van der Waals surface area contributed by atoms with Crippen LogP contribution >= 0.6 is 0 Å². The molecule has 0 atom stereocenters. The molecule has 0 aromatic carbocycles. The fourth-order valence-electron chi connectivity index (χ4n) is 1.02. The van der Waals surface area contributed by atoms with E-state index in [1.807, 2.05) is 0 Å². The van der Waals surface area contributed by atoms with Crippen LogP contribution in [0.15, 0.2) is 18.5 Å². The van der Waals surface area contributed by atoms with E-state index in [4.69, 9.17) is 15.2 Å². The van der Waals surface area contributed by atoms with Gasteiger partial charge in [-0.2, -0.15) is 0 Å². The van der Waals surface area contributed by atoms with E-state index in [2.05, 4.69) is 4.98 Å². The van der Waals surface area contributed by atoms with Gasteiger partial charge in [0.1, 0.15) is 0 Å². The van der Waals surface area contributed by atoms with Crippen LogP contribution in [0.1, 0.15) is 16.8 Å². The predicted molar refractivity (Wildman–Crippen MR) is 55.4 cm³/mol. The molecule has 1 rings (SSSR count). The van der Waals surface area contributed by atoms with Crippen LogP contribution < -0.4 is 5.73 Å². The molecule has 0 spiro atoms. The molecule has 82 valence electrons. The van der Waals surface area contributed by atoms with Crippen LogP contribution in [0.5, 0.6) is 0 Å². The maximum absolute atomic E-state index is 11.4. The summed E-state index contributed by atoms with van der Waals surface area (Å²) in [6.07, 6.45) is 3.58. The van der Waals surface area contributed by atoms with Crippen molar-refractivity contribution >= 4 is 11.7 Å². The van der Waals surface area contributed by atoms with E-state index in [9.17, 15) is 4.79 Å². The first-order chi connectivity index (χ1) is 7.24. The van der Waals surface area contributed by atoms with Gasteiger partial charge in [-0.05, 0) is 6.07 Å². The van der Waals surface area contributed by atoms with E-state index >= 15 is 0 Å². The number of carbonyl (C=O) groups excluding carboxylic acids is 1. The van der Waals surface area contributed by atoms with E-state index in [0.717, 1.165) is 0 Å². The molecule has 0 amide bonds. The zero-order chi connectivity index (χ0) is 11.1. The molecule has 0 fully saturated rings. The summed E-state index contributed by atoms with van der Waals surface area (Å²) < 4.78 is 9.80. The van der Waals surface area contributed by atoms with Crippen LogP contribution in [-0.2, 0) is 9.47 Å². The lowest BCUT2D eigenvalue weighted by Gasteiger charge is -2.04. The van der Waals surface area contributed by atoms with E-state index in [0.29, 0.717) is 30.9 Å². The molecule has 1 aromatic heterocycles. The third-order valence-electron chi connectivity index (χ3n) is 1.72. The Kier molecular flexibility index (Phi) is 4.56. The lowest BCUT2D eigenvalue weighted by Crippen LogP contribution is -2.08. The number of anilines is 1. The first-order valence-corrected chi connectivity index (χ1v) is 4.60. The Morgan fingerprint density at radius 2 is 2.27 bits per heavy atom. The molecule has 0 aliphatic heterocycles. The second kappa shape index (κ2) is 5.98. The minimum atomic E-state index is -0.411. The molecule has 0 saturated carbocycles. The van der Waals surface area contributed by atoms with Crippen molar-refractivity contribution in [3.63, 3.8) is 0 Å². The number of nitrogens with zero attached hydrogens (tertiary/aromatic N) is 1. The summed E-state index contributed by atoms with van der Waals surface area (Å²) >= 11 is 0. The number of hydrogen-bond acceptors (Lipinski definition) is 5. The van der Waals surface area contributed by atoms with Gasteiger partial charge >= 0.3 is 5.97 Å². The van der Waals surface area contributed by atoms with Gasteiger partial charge in [0.25, 0.3) is 0 Å². The van der Waals surface area contributed by atoms with Gasteiger partial charge in [-0.1, -0.05) is 0 Å². The maximum Gasteiger partial charge on any atom is 0.339 e. The van der Waals surface area contributed by atoms with Crippen LogP contribution in [0.25, 0.3) is 0 Å². The Morgan fingerprint density at radius 3 is 2.93 bits per heavy atom. The molecule has 0 saturated heterocycles. The smallest absolute Gasteiger partial charge is 0.339 e. The fraction of sp³-hybridized carbons (Fsp3) is 0.400. The molecule has 5 heteroatoms. The van der Waals surface area contributed by atoms with Gasteiger partial charge < -0.3 is 15.2 Å². The molecule has 1 heterocycles. The van der Waals surface area contributed by atoms with Crippen molar-refractivity contribution in [3.05, 3.63) is 24.0 Å². The summed E-state index contributed by atoms with van der Waals surface area (Å²) in [6.45, 7) is 0.907. The average Bonchev–Trinajstić information content (AvgIpc) is 2.24. The highest BCUT2D eigenvalue weighted by atomic mass is 16.5. The van der Waals surface area contributed by atoms with Gasteiger partial charge in [0.15, 0.2) is 0 Å². The van der Waals surface area contributed by atoms with Crippen molar-refractivity contribution < 1.29 is 14.3 Å². The molecular formula is C10H14N2O3. The number of nitrogen functional groups attached to an aromatic ring is 1. The zero-order valence-electron chi connectivity index (χ0n) is 8.60. The Labute approximate surface area is 88.2 Å². The van der Waals surface area contributed by atoms with Crippen molar-refractivity contribution in [2.45, 2.75) is 6.42 Å². The number of esters is 1. The number of carbonyl (C=O) groups is 1. The largest absolute Gasteiger partial charge is 0.462 e. The maximum atomic E-state index is 11.4. The standard InChI is InChI=1S/C10H14N2O3/c1-14-3-2-4-15-10(13)8-5-9(11)7-12-6-8/h5-7H,2-4,11H2,1H3. The molecule has 15 heavy (non-hydrogen) atoms. The second-order valence-corrected chi connectivity index (χ2v) is 2.99. The highest BCUT2D eigenvalue weighted by molar-refractivity contribution is 5.89. The Bertz CT molecular complexity index is 328. The van der Waals surface area contributed by atoms with Gasteiger partial charge in [0.05, 0.1) is 17.9 Å². The Hall–Kier alpha value is -1.62. The fourth-order valence-corrected chi connectivity index (χ4v) is 1.02. The normalized spacial score (nSPS) is 9.93. The lowest BCUT2D eigenvalue weighted by molar-refractivity contribution is 0.0468. The second-order valence-electron chi connectivity index (χ2n) is 2.99. The van der Waals surface area contributed by atoms with Gasteiger partial charge in [0, 0.05) is 32.5 Å². The quantitative estimate of drug-likeness (QED) is 0.576. The van der Waals surface area contributed by atoms with Gasteiger partial charge in [-0.25, -0.2) is 4.79 Å². The van der Waals surface area contributed by atoms with Crippen LogP contribution in [0.3, 0.4) is 0 Å². The number of pyridine rings is 1. The molecule has 5 nitrogen and oxygen atoms in total. The van der Waals surface area contributed by atoms with E-state index in [1.165, 1.54) is 18.5 Å². The number of hydrogen-bond donors (Lipinski definition) is 1. The monoisotopic (exact) mass is 210 g/mol. The first kappa shape index (κ1) is 11.5. The van der Waals surface area contributed by atoms with E-state index in [-0.39, 0.29) is 0 Å². The minimum absolute atomic E-state index is 0.335. The molecule has 1 aromatic rings. The number of rotatable bonds is 5. The van der Waals surface area contributed by atoms with Crippen molar-refractivity contribution in [3.8, 4) is 0 Å². The summed E-state index contributed by atoms with van der Waals surface area (Å²) in [7, 11) is 1.60. The first-order valence-electron chi connectivity index (χ1n) is 4.60. The van der Waals surface area contributed by atoms with Gasteiger partial charge in [0.2, 0.25) is 0 Å². The van der Waals surface area contributed by atoms with Crippen LogP contribution in [0.2, 0.25) is 0 Å². The molecule has 2 N–H and O–H groups in total. The zero-order valence-corrected chi connectivity index (χ0v) is 8.60. The summed E-state index contributed by atoms with van der Waals surface area (Å²) in [4.78, 5) is 15.2. The highest BCUT2D eigenvalue weighted by Gasteiger charge is 2.06. The van der Waals surface area contributed by atoms with Gasteiger partial charge in [-0.3, -0.25) is 4.98 Å². The SMILES string of the molecule is COCCCOC(=O)c1cncc(N)c1. The highest BCUT2D eigenvalue weighted by Crippen LogP contribution is 2.05. The molecule has 0 aliphatic carbocycles. The number of ether oxygens (including phenoxy) is 2. The molecule has 0 bridgehead atoms. The summed E-state index contributed by atoms with van der Waals surface area (Å²) in [6, 6.07) is 1.53. The van der Waals surface area contributed by atoms with Gasteiger partial charge in [-0.15, -0.1) is 0 Å². The van der Waals surface area contributed by atoms with Crippen LogP contribution in [-0.4, -0.2) is 31.3 Å². The molecule has 0 radical (unpaired) electrons. The van der Waals surface area contributed by atoms with Crippen molar-refractivity contribution in [1.82, 2.24) is 4.98 Å². The number of nitrogens with two attached hydrogens (primary N) is 1. The minimum Gasteiger partial charge on any atom is -0.462 e. The Morgan fingerprint density at radius 1 is 1.47 bits per heavy atom. The number of methoxy groups -OCH3 is 1. The van der Waals surface area contributed by atoms with E-state index in [1.54, 1.807) is 7.11 Å². The summed E-state index contributed by atoms with van der Waals surface area (Å²) in [5, 5.41) is 0. The van der Waals surface area contributed by atoms with Crippen molar-refractivity contribution in [2.75, 3.05) is 26.1 Å². The Balaban J connectivity index is 2.40. The van der Waals surface area contributed by atoms with Crippen LogP contribution in [0.4, 0.5) is 5.69 Å². The van der Waals surface area contributed by atoms with E-state index < -0.39 is 5.97 Å². The summed E-state index contributed by atoms with van der Waals surface area (Å²) in [5.74, 6) is -0.411. The van der Waals surface area contributed by atoms with Crippen molar-refractivity contribution in [2.24, 2.45) is 0 Å². The molecule has 0 unspecified atom stereocenters. The molecular weight excluding hydrogens is 196 g/mol. The summed E-state index contributed by atoms with van der Waals surface area (Å²) in [5.41, 5.74) is 6.30. The number of aromatic nitrogens is 1. The van der Waals surface area contributed by atoms with Crippen molar-refractivity contribution in [1.29, 1.82) is 0 Å². The van der Waals surface area contributed by atoms with Crippen LogP contribution in [0, 0.1) is 0 Å². The lowest BCUT2D eigenvalue weighted by atomic mass is 10.3. The predicted octanol–water partition coefficient (Wildman–Crippen LogP) is 0.857. The third-order valence-corrected chi connectivity index (χ3v) is 1.72. The molecule has 0 aliphatic rings.